The largest absolute Gasteiger partial charge is 0.475 e. The number of hydrogen-bond donors (Lipinski definition) is 0. The second-order valence-electron chi connectivity index (χ2n) is 6.11. The highest BCUT2D eigenvalue weighted by atomic mass is 16.5. The molecule has 1 aromatic carbocycles. The van der Waals surface area contributed by atoms with Crippen LogP contribution in [-0.4, -0.2) is 18.5 Å². The van der Waals surface area contributed by atoms with Crippen molar-refractivity contribution < 1.29 is 4.74 Å². The first-order valence-electron chi connectivity index (χ1n) is 6.55. The van der Waals surface area contributed by atoms with Gasteiger partial charge in [0.15, 0.2) is 0 Å². The monoisotopic (exact) mass is 241 g/mol. The highest BCUT2D eigenvalue weighted by Crippen LogP contribution is 2.30. The summed E-state index contributed by atoms with van der Waals surface area (Å²) in [5.41, 5.74) is 3.96. The van der Waals surface area contributed by atoms with Gasteiger partial charge in [-0.05, 0) is 29.0 Å². The van der Waals surface area contributed by atoms with Gasteiger partial charge in [0.25, 0.3) is 0 Å². The summed E-state index contributed by atoms with van der Waals surface area (Å²) in [6.45, 7) is 7.33. The number of aliphatic imine (C=N–C) groups is 1. The molecule has 1 heterocycles. The second kappa shape index (κ2) is 3.98. The molecular weight excluding hydrogens is 222 g/mol. The summed E-state index contributed by atoms with van der Waals surface area (Å²) in [6, 6.07) is 6.64. The van der Waals surface area contributed by atoms with E-state index in [0.717, 1.165) is 17.9 Å². The van der Waals surface area contributed by atoms with Gasteiger partial charge in [0.2, 0.25) is 5.90 Å². The Morgan fingerprint density at radius 1 is 1.28 bits per heavy atom. The van der Waals surface area contributed by atoms with Crippen molar-refractivity contribution in [2.24, 2.45) is 10.4 Å². The third-order valence-corrected chi connectivity index (χ3v) is 3.70. The first kappa shape index (κ1) is 11.5. The molecule has 2 heteroatoms. The van der Waals surface area contributed by atoms with Gasteiger partial charge in [-0.1, -0.05) is 45.1 Å². The van der Waals surface area contributed by atoms with Crippen molar-refractivity contribution in [3.05, 3.63) is 41.0 Å². The van der Waals surface area contributed by atoms with Crippen LogP contribution in [0.5, 0.6) is 0 Å². The Kier molecular flexibility index (Phi) is 2.54. The van der Waals surface area contributed by atoms with Crippen LogP contribution < -0.4 is 0 Å². The summed E-state index contributed by atoms with van der Waals surface area (Å²) in [7, 11) is 0. The number of ether oxygens (including phenoxy) is 1. The van der Waals surface area contributed by atoms with Crippen LogP contribution in [0.25, 0.3) is 6.08 Å². The predicted octanol–water partition coefficient (Wildman–Crippen LogP) is 3.45. The van der Waals surface area contributed by atoms with E-state index in [0.29, 0.717) is 6.61 Å². The summed E-state index contributed by atoms with van der Waals surface area (Å²) in [4.78, 5) is 4.77. The predicted molar refractivity (Wildman–Crippen MR) is 74.9 cm³/mol. The highest BCUT2D eigenvalue weighted by molar-refractivity contribution is 5.99. The summed E-state index contributed by atoms with van der Waals surface area (Å²) < 4.78 is 5.82. The minimum absolute atomic E-state index is 0.162. The molecule has 1 aromatic rings. The summed E-state index contributed by atoms with van der Waals surface area (Å²) in [5.74, 6) is 0.818. The number of allylic oxidation sites excluding steroid dienone is 1. The fraction of sp³-hybridized carbons (Fsp3) is 0.438. The van der Waals surface area contributed by atoms with E-state index in [4.69, 9.17) is 9.73 Å². The van der Waals surface area contributed by atoms with Crippen LogP contribution in [0.2, 0.25) is 0 Å². The first-order chi connectivity index (χ1) is 8.55. The van der Waals surface area contributed by atoms with Gasteiger partial charge in [-0.15, -0.1) is 0 Å². The lowest BCUT2D eigenvalue weighted by Gasteiger charge is -2.21. The standard InChI is InChI=1S/C16H19NO/c1-16(2,3)14-10-18-15(17-14)13-9-5-7-11-6-4-8-12(11)13/h4-5,7-9,14H,6,10H2,1-3H3/t14-/m1/s1. The van der Waals surface area contributed by atoms with Gasteiger partial charge in [0, 0.05) is 5.56 Å². The van der Waals surface area contributed by atoms with Gasteiger partial charge in [-0.25, -0.2) is 4.99 Å². The molecule has 3 rings (SSSR count). The van der Waals surface area contributed by atoms with E-state index < -0.39 is 0 Å². The maximum Gasteiger partial charge on any atom is 0.217 e. The van der Waals surface area contributed by atoms with E-state index in [1.807, 2.05) is 0 Å². The van der Waals surface area contributed by atoms with Crippen molar-refractivity contribution in [2.75, 3.05) is 6.61 Å². The third kappa shape index (κ3) is 1.86. The molecule has 0 radical (unpaired) electrons. The van der Waals surface area contributed by atoms with E-state index in [1.165, 1.54) is 11.1 Å². The first-order valence-corrected chi connectivity index (χ1v) is 6.55. The molecule has 0 aromatic heterocycles. The summed E-state index contributed by atoms with van der Waals surface area (Å²) in [6.07, 6.45) is 5.41. The van der Waals surface area contributed by atoms with Gasteiger partial charge < -0.3 is 4.74 Å². The molecule has 0 saturated heterocycles. The van der Waals surface area contributed by atoms with E-state index in [2.05, 4.69) is 51.1 Å². The number of nitrogens with zero attached hydrogens (tertiary/aromatic N) is 1. The molecule has 0 bridgehead atoms. The van der Waals surface area contributed by atoms with E-state index in [-0.39, 0.29) is 11.5 Å². The zero-order valence-corrected chi connectivity index (χ0v) is 11.2. The fourth-order valence-electron chi connectivity index (χ4n) is 2.44. The number of benzene rings is 1. The van der Waals surface area contributed by atoms with Gasteiger partial charge in [-0.2, -0.15) is 0 Å². The Hall–Kier alpha value is -1.57. The van der Waals surface area contributed by atoms with Crippen molar-refractivity contribution in [3.63, 3.8) is 0 Å². The molecule has 0 fully saturated rings. The smallest absolute Gasteiger partial charge is 0.217 e. The molecule has 1 atom stereocenters. The topological polar surface area (TPSA) is 21.6 Å². The lowest BCUT2D eigenvalue weighted by molar-refractivity contribution is 0.236. The molecule has 1 aliphatic carbocycles. The minimum atomic E-state index is 0.162. The number of rotatable bonds is 1. The Morgan fingerprint density at radius 3 is 2.83 bits per heavy atom. The van der Waals surface area contributed by atoms with Crippen LogP contribution in [0.3, 0.4) is 0 Å². The van der Waals surface area contributed by atoms with Crippen LogP contribution in [-0.2, 0) is 11.2 Å². The maximum atomic E-state index is 5.82. The second-order valence-corrected chi connectivity index (χ2v) is 6.11. The van der Waals surface area contributed by atoms with E-state index >= 15 is 0 Å². The molecule has 0 N–H and O–H groups in total. The number of fused-ring (bicyclic) bond motifs is 1. The van der Waals surface area contributed by atoms with Crippen LogP contribution in [0.15, 0.2) is 29.3 Å². The Labute approximate surface area is 108 Å². The molecular formula is C16H19NO. The van der Waals surface area contributed by atoms with Gasteiger partial charge >= 0.3 is 0 Å². The molecule has 94 valence electrons. The normalized spacial score (nSPS) is 21.7. The Balaban J connectivity index is 1.98. The van der Waals surface area contributed by atoms with Crippen molar-refractivity contribution in [1.82, 2.24) is 0 Å². The van der Waals surface area contributed by atoms with Gasteiger partial charge in [-0.3, -0.25) is 0 Å². The molecule has 0 amide bonds. The summed E-state index contributed by atoms with van der Waals surface area (Å²) in [5, 5.41) is 0. The quantitative estimate of drug-likeness (QED) is 0.738. The molecule has 2 aliphatic rings. The fourth-order valence-corrected chi connectivity index (χ4v) is 2.44. The average molecular weight is 241 g/mol. The number of hydrogen-bond acceptors (Lipinski definition) is 2. The van der Waals surface area contributed by atoms with Gasteiger partial charge in [0.05, 0.1) is 6.04 Å². The molecule has 2 nitrogen and oxygen atoms in total. The van der Waals surface area contributed by atoms with E-state index in [1.54, 1.807) is 0 Å². The molecule has 0 spiro atoms. The van der Waals surface area contributed by atoms with Gasteiger partial charge in [0.1, 0.15) is 6.61 Å². The maximum absolute atomic E-state index is 5.82. The van der Waals surface area contributed by atoms with Crippen LogP contribution in [0.4, 0.5) is 0 Å². The van der Waals surface area contributed by atoms with Crippen molar-refractivity contribution in [2.45, 2.75) is 33.2 Å². The van der Waals surface area contributed by atoms with Crippen LogP contribution in [0.1, 0.15) is 37.5 Å². The summed E-state index contributed by atoms with van der Waals surface area (Å²) >= 11 is 0. The van der Waals surface area contributed by atoms with Crippen LogP contribution >= 0.6 is 0 Å². The Morgan fingerprint density at radius 2 is 2.11 bits per heavy atom. The lowest BCUT2D eigenvalue weighted by atomic mass is 9.88. The molecule has 18 heavy (non-hydrogen) atoms. The van der Waals surface area contributed by atoms with Crippen molar-refractivity contribution in [1.29, 1.82) is 0 Å². The highest BCUT2D eigenvalue weighted by Gasteiger charge is 2.31. The van der Waals surface area contributed by atoms with Crippen molar-refractivity contribution in [3.8, 4) is 0 Å². The average Bonchev–Trinajstić information content (AvgIpc) is 2.96. The Bertz CT molecular complexity index is 535. The SMILES string of the molecule is CC(C)(C)[C@H]1COC(c2cccc3c2C=CC3)=N1. The van der Waals surface area contributed by atoms with Crippen LogP contribution in [0, 0.1) is 5.41 Å². The molecule has 0 saturated carbocycles. The third-order valence-electron chi connectivity index (χ3n) is 3.70. The zero-order valence-electron chi connectivity index (χ0n) is 11.2. The van der Waals surface area contributed by atoms with Crippen molar-refractivity contribution >= 4 is 12.0 Å². The molecule has 1 aliphatic heterocycles. The zero-order chi connectivity index (χ0) is 12.8. The lowest BCUT2D eigenvalue weighted by Crippen LogP contribution is -2.25. The van der Waals surface area contributed by atoms with E-state index in [9.17, 15) is 0 Å². The minimum Gasteiger partial charge on any atom is -0.475 e. The molecule has 0 unspecified atom stereocenters.